The van der Waals surface area contributed by atoms with Crippen molar-refractivity contribution in [1.82, 2.24) is 4.90 Å². The van der Waals surface area contributed by atoms with Gasteiger partial charge >= 0.3 is 0 Å². The molecule has 124 valence electrons. The molecule has 3 aliphatic rings. The van der Waals surface area contributed by atoms with Crippen molar-refractivity contribution in [2.75, 3.05) is 13.6 Å². The van der Waals surface area contributed by atoms with E-state index in [4.69, 9.17) is 9.47 Å². The van der Waals surface area contributed by atoms with Crippen molar-refractivity contribution in [2.24, 2.45) is 0 Å². The van der Waals surface area contributed by atoms with Crippen LogP contribution in [-0.2, 0) is 12.0 Å². The zero-order chi connectivity index (χ0) is 16.2. The fraction of sp³-hybridized carbons (Fsp3) is 0.579. The lowest BCUT2D eigenvalue weighted by Crippen LogP contribution is -2.42. The predicted molar refractivity (Wildman–Crippen MR) is 89.0 cm³/mol. The Morgan fingerprint density at radius 3 is 3.00 bits per heavy atom. The first kappa shape index (κ1) is 15.0. The lowest BCUT2D eigenvalue weighted by atomic mass is 9.69. The number of hydrogen-bond acceptors (Lipinski definition) is 4. The normalized spacial score (nSPS) is 32.2. The van der Waals surface area contributed by atoms with Gasteiger partial charge in [-0.05, 0) is 45.5 Å². The first-order valence-electron chi connectivity index (χ1n) is 8.55. The van der Waals surface area contributed by atoms with Crippen LogP contribution in [0.5, 0.6) is 11.5 Å². The number of benzene rings is 1. The Labute approximate surface area is 137 Å². The van der Waals surface area contributed by atoms with Gasteiger partial charge in [0, 0.05) is 18.5 Å². The summed E-state index contributed by atoms with van der Waals surface area (Å²) in [4.78, 5) is 2.36. The number of aliphatic hydroxyl groups excluding tert-OH is 1. The third-order valence-electron chi connectivity index (χ3n) is 5.29. The zero-order valence-electron chi connectivity index (χ0n) is 14.1. The Kier molecular flexibility index (Phi) is 3.43. The van der Waals surface area contributed by atoms with Crippen LogP contribution in [0.25, 0.3) is 0 Å². The van der Waals surface area contributed by atoms with Crippen molar-refractivity contribution in [1.29, 1.82) is 0 Å². The molecule has 2 heterocycles. The fourth-order valence-electron chi connectivity index (χ4n) is 4.26. The van der Waals surface area contributed by atoms with E-state index in [0.29, 0.717) is 6.42 Å². The maximum Gasteiger partial charge on any atom is 0.166 e. The Bertz CT molecular complexity index is 654. The molecule has 3 atom stereocenters. The molecule has 0 unspecified atom stereocenters. The highest BCUT2D eigenvalue weighted by Gasteiger charge is 2.52. The van der Waals surface area contributed by atoms with Gasteiger partial charge in [-0.2, -0.15) is 0 Å². The largest absolute Gasteiger partial charge is 0.487 e. The molecule has 0 bridgehead atoms. The molecule has 23 heavy (non-hydrogen) atoms. The average Bonchev–Trinajstić information content (AvgIpc) is 2.74. The van der Waals surface area contributed by atoms with Crippen LogP contribution >= 0.6 is 0 Å². The van der Waals surface area contributed by atoms with Crippen molar-refractivity contribution < 1.29 is 14.6 Å². The third kappa shape index (κ3) is 2.27. The summed E-state index contributed by atoms with van der Waals surface area (Å²) in [5.74, 6) is 1.73. The molecule has 0 saturated carbocycles. The zero-order valence-corrected chi connectivity index (χ0v) is 14.1. The highest BCUT2D eigenvalue weighted by molar-refractivity contribution is 5.61. The van der Waals surface area contributed by atoms with Crippen molar-refractivity contribution in [2.45, 2.75) is 57.0 Å². The van der Waals surface area contributed by atoms with E-state index in [2.05, 4.69) is 24.1 Å². The monoisotopic (exact) mass is 315 g/mol. The van der Waals surface area contributed by atoms with E-state index < -0.39 is 6.10 Å². The van der Waals surface area contributed by atoms with Gasteiger partial charge in [-0.3, -0.25) is 0 Å². The van der Waals surface area contributed by atoms with Gasteiger partial charge in [0.1, 0.15) is 6.10 Å². The Morgan fingerprint density at radius 2 is 2.22 bits per heavy atom. The molecule has 4 nitrogen and oxygen atoms in total. The summed E-state index contributed by atoms with van der Waals surface area (Å²) in [7, 11) is 2.17. The van der Waals surface area contributed by atoms with Gasteiger partial charge in [0.15, 0.2) is 11.5 Å². The molecule has 4 rings (SSSR count). The van der Waals surface area contributed by atoms with Crippen LogP contribution in [0.3, 0.4) is 0 Å². The Hall–Kier alpha value is -1.52. The lowest BCUT2D eigenvalue weighted by molar-refractivity contribution is 0.0808. The molecule has 2 aliphatic heterocycles. The van der Waals surface area contributed by atoms with Crippen molar-refractivity contribution in [3.8, 4) is 11.5 Å². The van der Waals surface area contributed by atoms with Gasteiger partial charge in [-0.25, -0.2) is 0 Å². The van der Waals surface area contributed by atoms with E-state index in [1.54, 1.807) is 0 Å². The average molecular weight is 315 g/mol. The fourth-order valence-corrected chi connectivity index (χ4v) is 4.26. The second kappa shape index (κ2) is 5.25. The smallest absolute Gasteiger partial charge is 0.166 e. The first-order valence-corrected chi connectivity index (χ1v) is 8.55. The van der Waals surface area contributed by atoms with Gasteiger partial charge in [0.05, 0.1) is 17.6 Å². The number of hydrogen-bond donors (Lipinski definition) is 1. The molecule has 1 aromatic rings. The van der Waals surface area contributed by atoms with Gasteiger partial charge < -0.3 is 19.5 Å². The number of rotatable bonds is 2. The molecule has 1 N–H and O–H groups in total. The van der Waals surface area contributed by atoms with E-state index in [9.17, 15) is 5.11 Å². The number of ether oxygens (including phenoxy) is 2. The van der Waals surface area contributed by atoms with Gasteiger partial charge in [0.2, 0.25) is 0 Å². The first-order chi connectivity index (χ1) is 11.0. The summed E-state index contributed by atoms with van der Waals surface area (Å²) in [6.07, 6.45) is 5.50. The molecule has 1 aromatic carbocycles. The summed E-state index contributed by atoms with van der Waals surface area (Å²) in [6.45, 7) is 6.02. The minimum Gasteiger partial charge on any atom is -0.487 e. The molecule has 0 fully saturated rings. The van der Waals surface area contributed by atoms with Gasteiger partial charge in [0.25, 0.3) is 0 Å². The number of aliphatic hydroxyl groups is 1. The van der Waals surface area contributed by atoms with Crippen LogP contribution in [0.2, 0.25) is 0 Å². The summed E-state index contributed by atoms with van der Waals surface area (Å²) in [6, 6.07) is 4.23. The SMILES string of the molecule is CC(C)Oc1ccc2c3c1O[C@H]1C[C@@H](O)C=C[C@@]31CCN(C)C2. The summed E-state index contributed by atoms with van der Waals surface area (Å²) >= 11 is 0. The van der Waals surface area contributed by atoms with E-state index in [-0.39, 0.29) is 17.6 Å². The summed E-state index contributed by atoms with van der Waals surface area (Å²) in [5.41, 5.74) is 2.48. The van der Waals surface area contributed by atoms with E-state index in [1.165, 1.54) is 11.1 Å². The maximum atomic E-state index is 10.1. The van der Waals surface area contributed by atoms with Crippen LogP contribution in [0, 0.1) is 0 Å². The molecule has 0 saturated heterocycles. The minimum atomic E-state index is -0.418. The topological polar surface area (TPSA) is 41.9 Å². The molecule has 0 radical (unpaired) electrons. The number of nitrogens with zero attached hydrogens (tertiary/aromatic N) is 1. The van der Waals surface area contributed by atoms with Crippen molar-refractivity contribution >= 4 is 0 Å². The minimum absolute atomic E-state index is 0.000313. The molecule has 1 aliphatic carbocycles. The van der Waals surface area contributed by atoms with Crippen molar-refractivity contribution in [3.63, 3.8) is 0 Å². The van der Waals surface area contributed by atoms with Gasteiger partial charge in [-0.1, -0.05) is 18.2 Å². The Morgan fingerprint density at radius 1 is 1.39 bits per heavy atom. The van der Waals surface area contributed by atoms with E-state index in [0.717, 1.165) is 31.0 Å². The highest BCUT2D eigenvalue weighted by atomic mass is 16.5. The maximum absolute atomic E-state index is 10.1. The van der Waals surface area contributed by atoms with Crippen LogP contribution < -0.4 is 9.47 Å². The van der Waals surface area contributed by atoms with E-state index in [1.807, 2.05) is 26.0 Å². The second-order valence-electron chi connectivity index (χ2n) is 7.39. The van der Waals surface area contributed by atoms with E-state index >= 15 is 0 Å². The molecular formula is C19H25NO3. The lowest BCUT2D eigenvalue weighted by Gasteiger charge is -2.35. The predicted octanol–water partition coefficient (Wildman–Crippen LogP) is 2.63. The highest BCUT2D eigenvalue weighted by Crippen LogP contribution is 2.55. The molecule has 0 amide bonds. The van der Waals surface area contributed by atoms with Crippen molar-refractivity contribution in [3.05, 3.63) is 35.4 Å². The summed E-state index contributed by atoms with van der Waals surface area (Å²) < 4.78 is 12.4. The second-order valence-corrected chi connectivity index (χ2v) is 7.39. The van der Waals surface area contributed by atoms with Gasteiger partial charge in [-0.15, -0.1) is 0 Å². The third-order valence-corrected chi connectivity index (χ3v) is 5.29. The summed E-state index contributed by atoms with van der Waals surface area (Å²) in [5, 5.41) is 10.1. The molecule has 4 heteroatoms. The van der Waals surface area contributed by atoms with Crippen LogP contribution in [0.4, 0.5) is 0 Å². The molecule has 0 aromatic heterocycles. The van der Waals surface area contributed by atoms with Crippen LogP contribution in [0.1, 0.15) is 37.8 Å². The quantitative estimate of drug-likeness (QED) is 0.852. The van der Waals surface area contributed by atoms with Crippen LogP contribution in [-0.4, -0.2) is 41.9 Å². The Balaban J connectivity index is 1.90. The standard InChI is InChI=1S/C19H25NO3/c1-12(2)22-15-5-4-13-11-20(3)9-8-19-7-6-14(21)10-16(19)23-18(15)17(13)19/h4-7,12,14,16,21H,8-11H2,1-3H3/t14-,16-,19-/m0/s1. The molecule has 1 spiro atoms. The molecular weight excluding hydrogens is 290 g/mol. The van der Waals surface area contributed by atoms with Crippen LogP contribution in [0.15, 0.2) is 24.3 Å².